The molecule has 9 heteroatoms. The molecule has 162 valence electrons. The quantitative estimate of drug-likeness (QED) is 0.610. The second-order valence-corrected chi connectivity index (χ2v) is 7.86. The van der Waals surface area contributed by atoms with Crippen molar-refractivity contribution in [3.8, 4) is 11.3 Å². The molecule has 7 nitrogen and oxygen atoms in total. The van der Waals surface area contributed by atoms with Crippen molar-refractivity contribution in [3.63, 3.8) is 0 Å². The van der Waals surface area contributed by atoms with Gasteiger partial charge in [-0.3, -0.25) is 0 Å². The van der Waals surface area contributed by atoms with Gasteiger partial charge in [-0.15, -0.1) is 11.3 Å². The number of ether oxygens (including phenoxy) is 1. The average molecular weight is 443 g/mol. The summed E-state index contributed by atoms with van der Waals surface area (Å²) in [5, 5.41) is 13.3. The van der Waals surface area contributed by atoms with Gasteiger partial charge in [0, 0.05) is 37.2 Å². The van der Waals surface area contributed by atoms with Gasteiger partial charge < -0.3 is 24.6 Å². The number of morpholine rings is 1. The second kappa shape index (κ2) is 9.76. The molecular weight excluding hydrogens is 419 g/mol. The van der Waals surface area contributed by atoms with Crippen molar-refractivity contribution in [1.29, 1.82) is 0 Å². The zero-order valence-electron chi connectivity index (χ0n) is 16.8. The van der Waals surface area contributed by atoms with E-state index in [4.69, 9.17) is 9.84 Å². The van der Waals surface area contributed by atoms with Crippen LogP contribution in [-0.4, -0.2) is 48.6 Å². The van der Waals surface area contributed by atoms with Gasteiger partial charge in [-0.05, 0) is 35.9 Å². The van der Waals surface area contributed by atoms with Crippen LogP contribution in [-0.2, 0) is 11.3 Å². The average Bonchev–Trinajstić information content (AvgIpc) is 3.16. The molecule has 1 aliphatic rings. The van der Waals surface area contributed by atoms with Gasteiger partial charge in [-0.1, -0.05) is 18.2 Å². The summed E-state index contributed by atoms with van der Waals surface area (Å²) in [5.41, 5.74) is 3.59. The molecule has 2 N–H and O–H groups in total. The molecule has 0 spiro atoms. The maximum atomic E-state index is 13.6. The van der Waals surface area contributed by atoms with Gasteiger partial charge in [0.1, 0.15) is 5.82 Å². The minimum atomic E-state index is -1.07. The van der Waals surface area contributed by atoms with E-state index in [2.05, 4.69) is 39.5 Å². The van der Waals surface area contributed by atoms with E-state index in [-0.39, 0.29) is 12.4 Å². The lowest BCUT2D eigenvalue weighted by molar-refractivity contribution is 0.122. The van der Waals surface area contributed by atoms with Crippen molar-refractivity contribution >= 4 is 28.8 Å². The third kappa shape index (κ3) is 5.31. The number of amides is 1. The van der Waals surface area contributed by atoms with Crippen LogP contribution >= 0.6 is 11.3 Å². The lowest BCUT2D eigenvalue weighted by Gasteiger charge is -2.28. The van der Waals surface area contributed by atoms with E-state index in [1.807, 2.05) is 9.95 Å². The van der Waals surface area contributed by atoms with E-state index in [9.17, 15) is 9.18 Å². The van der Waals surface area contributed by atoms with Gasteiger partial charge in [0.05, 0.1) is 24.6 Å². The fourth-order valence-corrected chi connectivity index (χ4v) is 4.42. The topological polar surface area (TPSA) is 79.1 Å². The van der Waals surface area contributed by atoms with Crippen molar-refractivity contribution in [3.05, 3.63) is 64.5 Å². The van der Waals surface area contributed by atoms with Crippen LogP contribution in [0.15, 0.2) is 58.9 Å². The lowest BCUT2D eigenvalue weighted by atomic mass is 10.1. The number of hydrogen-bond donors (Lipinski definition) is 2. The number of thiazole rings is 1. The number of benzene rings is 2. The molecule has 1 aliphatic heterocycles. The van der Waals surface area contributed by atoms with E-state index in [1.165, 1.54) is 23.5 Å². The molecule has 0 radical (unpaired) electrons. The van der Waals surface area contributed by atoms with Crippen LogP contribution in [0.4, 0.5) is 20.6 Å². The highest BCUT2D eigenvalue weighted by atomic mass is 32.1. The SMILES string of the molecule is O=C(O)NCCn1c(-c2ccc(N3CCOCC3)cc2)cs/c1=N/c1cccc(F)c1. The van der Waals surface area contributed by atoms with Crippen LogP contribution in [0, 0.1) is 5.82 Å². The molecule has 2 aromatic carbocycles. The Hall–Kier alpha value is -3.17. The molecule has 0 unspecified atom stereocenters. The van der Waals surface area contributed by atoms with E-state index >= 15 is 0 Å². The number of hydrogen-bond acceptors (Lipinski definition) is 5. The number of rotatable bonds is 6. The predicted molar refractivity (Wildman–Crippen MR) is 118 cm³/mol. The number of anilines is 1. The second-order valence-electron chi connectivity index (χ2n) is 7.03. The molecule has 4 rings (SSSR count). The van der Waals surface area contributed by atoms with Crippen LogP contribution in [0.1, 0.15) is 0 Å². The summed E-state index contributed by atoms with van der Waals surface area (Å²) in [5.74, 6) is -0.351. The summed E-state index contributed by atoms with van der Waals surface area (Å²) in [7, 11) is 0. The molecular formula is C22H23FN4O3S. The monoisotopic (exact) mass is 442 g/mol. The third-order valence-electron chi connectivity index (χ3n) is 4.98. The molecule has 1 fully saturated rings. The number of carbonyl (C=O) groups is 1. The Morgan fingerprint density at radius 3 is 2.68 bits per heavy atom. The van der Waals surface area contributed by atoms with E-state index in [1.54, 1.807) is 12.1 Å². The van der Waals surface area contributed by atoms with Crippen molar-refractivity contribution in [2.75, 3.05) is 37.7 Å². The maximum Gasteiger partial charge on any atom is 0.404 e. The first-order valence-electron chi connectivity index (χ1n) is 9.99. The van der Waals surface area contributed by atoms with Crippen LogP contribution in [0.3, 0.4) is 0 Å². The Bertz CT molecular complexity index is 1100. The Labute approximate surface area is 183 Å². The minimum Gasteiger partial charge on any atom is -0.465 e. The first-order chi connectivity index (χ1) is 15.1. The van der Waals surface area contributed by atoms with Crippen LogP contribution < -0.4 is 15.0 Å². The number of halogens is 1. The number of nitrogens with one attached hydrogen (secondary N) is 1. The molecule has 0 bridgehead atoms. The van der Waals surface area contributed by atoms with Gasteiger partial charge in [-0.25, -0.2) is 14.2 Å². The highest BCUT2D eigenvalue weighted by Gasteiger charge is 2.13. The fraction of sp³-hybridized carbons (Fsp3) is 0.273. The third-order valence-corrected chi connectivity index (χ3v) is 5.85. The zero-order chi connectivity index (χ0) is 21.6. The predicted octanol–water partition coefficient (Wildman–Crippen LogP) is 3.69. The Morgan fingerprint density at radius 2 is 1.97 bits per heavy atom. The van der Waals surface area contributed by atoms with Crippen LogP contribution in [0.25, 0.3) is 11.3 Å². The Kier molecular flexibility index (Phi) is 6.63. The molecule has 2 heterocycles. The summed E-state index contributed by atoms with van der Waals surface area (Å²) in [6, 6.07) is 14.4. The number of aromatic nitrogens is 1. The van der Waals surface area contributed by atoms with E-state index in [0.717, 1.165) is 43.2 Å². The molecule has 1 saturated heterocycles. The fourth-order valence-electron chi connectivity index (χ4n) is 3.46. The Morgan fingerprint density at radius 1 is 1.19 bits per heavy atom. The van der Waals surface area contributed by atoms with Gasteiger partial charge in [-0.2, -0.15) is 0 Å². The molecule has 3 aromatic rings. The summed E-state index contributed by atoms with van der Waals surface area (Å²) < 4.78 is 20.9. The lowest BCUT2D eigenvalue weighted by Crippen LogP contribution is -2.36. The number of carboxylic acid groups (broad SMARTS) is 1. The van der Waals surface area contributed by atoms with Gasteiger partial charge in [0.25, 0.3) is 0 Å². The zero-order valence-corrected chi connectivity index (χ0v) is 17.6. The molecule has 31 heavy (non-hydrogen) atoms. The van der Waals surface area contributed by atoms with Crippen molar-refractivity contribution in [1.82, 2.24) is 9.88 Å². The summed E-state index contributed by atoms with van der Waals surface area (Å²) in [4.78, 5) is 18.4. The maximum absolute atomic E-state index is 13.6. The minimum absolute atomic E-state index is 0.237. The Balaban J connectivity index is 1.66. The summed E-state index contributed by atoms with van der Waals surface area (Å²) >= 11 is 1.43. The molecule has 0 aliphatic carbocycles. The van der Waals surface area contributed by atoms with Gasteiger partial charge in [0.2, 0.25) is 0 Å². The molecule has 0 atom stereocenters. The highest BCUT2D eigenvalue weighted by Crippen LogP contribution is 2.25. The van der Waals surface area contributed by atoms with Crippen LogP contribution in [0.2, 0.25) is 0 Å². The van der Waals surface area contributed by atoms with E-state index < -0.39 is 6.09 Å². The largest absolute Gasteiger partial charge is 0.465 e. The van der Waals surface area contributed by atoms with Crippen molar-refractivity contribution in [2.24, 2.45) is 4.99 Å². The molecule has 1 amide bonds. The van der Waals surface area contributed by atoms with Gasteiger partial charge >= 0.3 is 6.09 Å². The molecule has 1 aromatic heterocycles. The smallest absolute Gasteiger partial charge is 0.404 e. The van der Waals surface area contributed by atoms with Gasteiger partial charge in [0.15, 0.2) is 4.80 Å². The van der Waals surface area contributed by atoms with Crippen molar-refractivity contribution < 1.29 is 19.0 Å². The highest BCUT2D eigenvalue weighted by molar-refractivity contribution is 7.07. The van der Waals surface area contributed by atoms with Crippen molar-refractivity contribution in [2.45, 2.75) is 6.54 Å². The summed E-state index contributed by atoms with van der Waals surface area (Å²) in [6.07, 6.45) is -1.07. The summed E-state index contributed by atoms with van der Waals surface area (Å²) in [6.45, 7) is 3.85. The number of nitrogens with zero attached hydrogens (tertiary/aromatic N) is 3. The van der Waals surface area contributed by atoms with Crippen LogP contribution in [0.5, 0.6) is 0 Å². The molecule has 0 saturated carbocycles. The first kappa shape index (κ1) is 21.1. The van der Waals surface area contributed by atoms with E-state index in [0.29, 0.717) is 17.0 Å². The first-order valence-corrected chi connectivity index (χ1v) is 10.9. The normalized spacial score (nSPS) is 14.6. The standard InChI is InChI=1S/C22H23FN4O3S/c23-17-2-1-3-18(14-17)25-21-27(9-8-24-22(28)29)20(15-31-21)16-4-6-19(7-5-16)26-10-12-30-13-11-26/h1-7,14-15,24H,8-13H2,(H,28,29)/b25-21+.